The number of carbonyl (C=O) groups excluding carboxylic acids is 1. The van der Waals surface area contributed by atoms with Crippen LogP contribution >= 0.6 is 0 Å². The van der Waals surface area contributed by atoms with Crippen LogP contribution in [0.3, 0.4) is 0 Å². The number of nitrogens with one attached hydrogen (secondary N) is 2. The Labute approximate surface area is 115 Å². The average molecular weight is 270 g/mol. The highest BCUT2D eigenvalue weighted by atomic mass is 16.5. The lowest BCUT2D eigenvalue weighted by molar-refractivity contribution is -0.122. The summed E-state index contributed by atoms with van der Waals surface area (Å²) in [6.45, 7) is 1.90. The number of hydrogen-bond acceptors (Lipinski definition) is 4. The third-order valence-electron chi connectivity index (χ3n) is 4.32. The lowest BCUT2D eigenvalue weighted by Gasteiger charge is -2.36. The van der Waals surface area contributed by atoms with E-state index in [1.807, 2.05) is 0 Å². The second kappa shape index (κ2) is 7.22. The molecule has 2 rings (SSSR count). The molecule has 0 aromatic heterocycles. The molecule has 110 valence electrons. The van der Waals surface area contributed by atoms with Gasteiger partial charge in [-0.25, -0.2) is 0 Å². The number of ether oxygens (including phenoxy) is 1. The van der Waals surface area contributed by atoms with Crippen LogP contribution in [0.5, 0.6) is 0 Å². The Balaban J connectivity index is 1.72. The molecule has 0 bridgehead atoms. The molecule has 1 saturated carbocycles. The van der Waals surface area contributed by atoms with Gasteiger partial charge in [-0.1, -0.05) is 19.3 Å². The van der Waals surface area contributed by atoms with E-state index in [1.165, 1.54) is 6.42 Å². The molecular formula is C14H26N2O3. The van der Waals surface area contributed by atoms with E-state index in [2.05, 4.69) is 10.6 Å². The zero-order valence-corrected chi connectivity index (χ0v) is 11.6. The molecular weight excluding hydrogens is 244 g/mol. The van der Waals surface area contributed by atoms with Crippen molar-refractivity contribution in [3.8, 4) is 0 Å². The van der Waals surface area contributed by atoms with Crippen LogP contribution in [-0.4, -0.2) is 49.0 Å². The maximum atomic E-state index is 11.9. The maximum Gasteiger partial charge on any atom is 0.234 e. The van der Waals surface area contributed by atoms with Crippen molar-refractivity contribution >= 4 is 5.91 Å². The zero-order valence-electron chi connectivity index (χ0n) is 11.6. The van der Waals surface area contributed by atoms with Gasteiger partial charge >= 0.3 is 0 Å². The summed E-state index contributed by atoms with van der Waals surface area (Å²) >= 11 is 0. The molecule has 1 heterocycles. The normalized spacial score (nSPS) is 24.1. The molecule has 1 aliphatic heterocycles. The van der Waals surface area contributed by atoms with Gasteiger partial charge in [0.15, 0.2) is 0 Å². The summed E-state index contributed by atoms with van der Waals surface area (Å²) in [7, 11) is 0. The first-order valence-electron chi connectivity index (χ1n) is 7.47. The third-order valence-corrected chi connectivity index (χ3v) is 4.32. The fourth-order valence-electron chi connectivity index (χ4n) is 3.01. The van der Waals surface area contributed by atoms with Crippen LogP contribution in [0.25, 0.3) is 0 Å². The summed E-state index contributed by atoms with van der Waals surface area (Å²) < 4.78 is 5.27. The topological polar surface area (TPSA) is 70.6 Å². The van der Waals surface area contributed by atoms with Crippen LogP contribution in [0.2, 0.25) is 0 Å². The van der Waals surface area contributed by atoms with Gasteiger partial charge < -0.3 is 20.5 Å². The van der Waals surface area contributed by atoms with Gasteiger partial charge in [-0.15, -0.1) is 0 Å². The maximum absolute atomic E-state index is 11.9. The molecule has 0 radical (unpaired) electrons. The first-order chi connectivity index (χ1) is 9.24. The smallest absolute Gasteiger partial charge is 0.234 e. The van der Waals surface area contributed by atoms with Crippen molar-refractivity contribution in [3.63, 3.8) is 0 Å². The molecule has 1 saturated heterocycles. The Kier molecular flexibility index (Phi) is 5.60. The van der Waals surface area contributed by atoms with Crippen molar-refractivity contribution in [1.29, 1.82) is 0 Å². The van der Waals surface area contributed by atoms with Gasteiger partial charge in [0, 0.05) is 24.8 Å². The van der Waals surface area contributed by atoms with Crippen LogP contribution in [0, 0.1) is 0 Å². The molecule has 0 aromatic rings. The second-order valence-electron chi connectivity index (χ2n) is 5.81. The molecule has 0 atom stereocenters. The van der Waals surface area contributed by atoms with Crippen LogP contribution < -0.4 is 10.6 Å². The Morgan fingerprint density at radius 2 is 1.89 bits per heavy atom. The van der Waals surface area contributed by atoms with Crippen molar-refractivity contribution in [2.24, 2.45) is 0 Å². The molecule has 2 aliphatic rings. The van der Waals surface area contributed by atoms with E-state index < -0.39 is 0 Å². The summed E-state index contributed by atoms with van der Waals surface area (Å²) in [5.41, 5.74) is -0.231. The number of hydrogen-bond donors (Lipinski definition) is 3. The van der Waals surface area contributed by atoms with Gasteiger partial charge in [0.2, 0.25) is 5.91 Å². The molecule has 1 amide bonds. The van der Waals surface area contributed by atoms with Gasteiger partial charge in [0.05, 0.1) is 13.2 Å². The lowest BCUT2D eigenvalue weighted by Crippen LogP contribution is -2.54. The summed E-state index contributed by atoms with van der Waals surface area (Å²) in [5.74, 6) is 0.0327. The summed E-state index contributed by atoms with van der Waals surface area (Å²) in [6, 6.07) is 0.250. The Bertz CT molecular complexity index is 284. The summed E-state index contributed by atoms with van der Waals surface area (Å²) in [6.07, 6.45) is 7.23. The van der Waals surface area contributed by atoms with E-state index in [0.29, 0.717) is 6.54 Å². The van der Waals surface area contributed by atoms with Crippen LogP contribution in [-0.2, 0) is 9.53 Å². The van der Waals surface area contributed by atoms with E-state index in [1.54, 1.807) is 0 Å². The Hall–Kier alpha value is -0.650. The zero-order chi connectivity index (χ0) is 13.6. The molecule has 3 N–H and O–H groups in total. The van der Waals surface area contributed by atoms with Crippen LogP contribution in [0.4, 0.5) is 0 Å². The lowest BCUT2D eigenvalue weighted by atomic mass is 9.82. The van der Waals surface area contributed by atoms with Crippen molar-refractivity contribution in [2.45, 2.75) is 56.5 Å². The quantitative estimate of drug-likeness (QED) is 0.683. The largest absolute Gasteiger partial charge is 0.394 e. The molecule has 2 fully saturated rings. The van der Waals surface area contributed by atoms with E-state index >= 15 is 0 Å². The third kappa shape index (κ3) is 4.44. The van der Waals surface area contributed by atoms with Gasteiger partial charge in [0.1, 0.15) is 0 Å². The fourth-order valence-corrected chi connectivity index (χ4v) is 3.01. The molecule has 0 aromatic carbocycles. The highest BCUT2D eigenvalue weighted by Crippen LogP contribution is 2.27. The summed E-state index contributed by atoms with van der Waals surface area (Å²) in [4.78, 5) is 11.9. The second-order valence-corrected chi connectivity index (χ2v) is 5.81. The van der Waals surface area contributed by atoms with Gasteiger partial charge in [-0.3, -0.25) is 4.79 Å². The molecule has 0 spiro atoms. The molecule has 1 aliphatic carbocycles. The first kappa shape index (κ1) is 14.8. The van der Waals surface area contributed by atoms with E-state index in [9.17, 15) is 9.90 Å². The van der Waals surface area contributed by atoms with E-state index in [0.717, 1.165) is 51.7 Å². The van der Waals surface area contributed by atoms with Gasteiger partial charge in [-0.05, 0) is 25.7 Å². The van der Waals surface area contributed by atoms with Crippen molar-refractivity contribution < 1.29 is 14.6 Å². The predicted octanol–water partition coefficient (Wildman–Crippen LogP) is 0.566. The van der Waals surface area contributed by atoms with Crippen LogP contribution in [0.15, 0.2) is 0 Å². The monoisotopic (exact) mass is 270 g/mol. The van der Waals surface area contributed by atoms with Gasteiger partial charge in [0.25, 0.3) is 0 Å². The SMILES string of the molecule is O=C(CNC1(CO)CCCCC1)NC1CCOCC1. The minimum atomic E-state index is -0.231. The molecule has 5 heteroatoms. The van der Waals surface area contributed by atoms with Crippen molar-refractivity contribution in [2.75, 3.05) is 26.4 Å². The number of rotatable bonds is 5. The Morgan fingerprint density at radius 3 is 2.53 bits per heavy atom. The van der Waals surface area contributed by atoms with Crippen molar-refractivity contribution in [1.82, 2.24) is 10.6 Å². The average Bonchev–Trinajstić information content (AvgIpc) is 2.47. The predicted molar refractivity (Wildman–Crippen MR) is 72.9 cm³/mol. The highest BCUT2D eigenvalue weighted by molar-refractivity contribution is 5.78. The minimum Gasteiger partial charge on any atom is -0.394 e. The number of carbonyl (C=O) groups is 1. The van der Waals surface area contributed by atoms with Crippen LogP contribution in [0.1, 0.15) is 44.9 Å². The standard InChI is InChI=1S/C14H26N2O3/c17-11-14(6-2-1-3-7-14)15-10-13(18)16-12-4-8-19-9-5-12/h12,15,17H,1-11H2,(H,16,18). The molecule has 19 heavy (non-hydrogen) atoms. The molecule has 5 nitrogen and oxygen atoms in total. The number of aliphatic hydroxyl groups excluding tert-OH is 1. The minimum absolute atomic E-state index is 0.0327. The summed E-state index contributed by atoms with van der Waals surface area (Å²) in [5, 5.41) is 15.9. The fraction of sp³-hybridized carbons (Fsp3) is 0.929. The first-order valence-corrected chi connectivity index (χ1v) is 7.47. The Morgan fingerprint density at radius 1 is 1.21 bits per heavy atom. The number of amides is 1. The van der Waals surface area contributed by atoms with E-state index in [4.69, 9.17) is 4.74 Å². The molecule has 0 unspecified atom stereocenters. The van der Waals surface area contributed by atoms with Crippen molar-refractivity contribution in [3.05, 3.63) is 0 Å². The van der Waals surface area contributed by atoms with Gasteiger partial charge in [-0.2, -0.15) is 0 Å². The van der Waals surface area contributed by atoms with E-state index in [-0.39, 0.29) is 24.1 Å². The highest BCUT2D eigenvalue weighted by Gasteiger charge is 2.31. The number of aliphatic hydroxyl groups is 1.